The largest absolute Gasteiger partial charge is 0.490 e. The van der Waals surface area contributed by atoms with E-state index in [4.69, 9.17) is 14.9 Å². The second-order valence-electron chi connectivity index (χ2n) is 6.47. The third-order valence-electron chi connectivity index (χ3n) is 4.36. The highest BCUT2D eigenvalue weighted by atomic mass is 16.5. The lowest BCUT2D eigenvalue weighted by atomic mass is 10.1. The zero-order chi connectivity index (χ0) is 18.4. The van der Waals surface area contributed by atoms with Crippen molar-refractivity contribution in [1.82, 2.24) is 9.78 Å². The van der Waals surface area contributed by atoms with Crippen molar-refractivity contribution in [3.05, 3.63) is 77.8 Å². The van der Waals surface area contributed by atoms with Gasteiger partial charge in [-0.1, -0.05) is 36.4 Å². The van der Waals surface area contributed by atoms with E-state index in [1.165, 1.54) is 5.56 Å². The predicted octanol–water partition coefficient (Wildman–Crippen LogP) is 4.55. The van der Waals surface area contributed by atoms with Gasteiger partial charge >= 0.3 is 0 Å². The standard InChI is InChI=1S/C21H25N3O2/c1-16-6-9-18(10-7-16)15-26-17(2)8-11-19(22)20-12-13-23-24(20)21-5-3-4-14-25-21/h6-13,21-22H,2-5,14-15H2,1H3/b11-8-,22-19?. The Bertz CT molecular complexity index is 784. The van der Waals surface area contributed by atoms with Gasteiger partial charge < -0.3 is 9.47 Å². The number of hydrogen-bond donors (Lipinski definition) is 1. The Balaban J connectivity index is 1.56. The highest BCUT2D eigenvalue weighted by molar-refractivity contribution is 6.05. The summed E-state index contributed by atoms with van der Waals surface area (Å²) < 4.78 is 13.2. The highest BCUT2D eigenvalue weighted by Gasteiger charge is 2.19. The van der Waals surface area contributed by atoms with E-state index in [0.717, 1.165) is 37.1 Å². The molecule has 0 aliphatic carbocycles. The van der Waals surface area contributed by atoms with E-state index in [1.54, 1.807) is 23.0 Å². The number of nitrogens with one attached hydrogen (secondary N) is 1. The van der Waals surface area contributed by atoms with Gasteiger partial charge in [0.25, 0.3) is 0 Å². The number of nitrogens with zero attached hydrogens (tertiary/aromatic N) is 2. The Labute approximate surface area is 154 Å². The molecular formula is C21H25N3O2. The van der Waals surface area contributed by atoms with Crippen LogP contribution in [0.4, 0.5) is 0 Å². The summed E-state index contributed by atoms with van der Waals surface area (Å²) in [5, 5.41) is 12.7. The molecule has 5 heteroatoms. The van der Waals surface area contributed by atoms with E-state index in [2.05, 4.69) is 30.7 Å². The lowest BCUT2D eigenvalue weighted by molar-refractivity contribution is -0.0397. The Morgan fingerprint density at radius 2 is 2.12 bits per heavy atom. The summed E-state index contributed by atoms with van der Waals surface area (Å²) in [5.74, 6) is 0.523. The molecular weight excluding hydrogens is 326 g/mol. The summed E-state index contributed by atoms with van der Waals surface area (Å²) in [6, 6.07) is 10.0. The molecule has 2 heterocycles. The van der Waals surface area contributed by atoms with Gasteiger partial charge in [-0.05, 0) is 50.0 Å². The van der Waals surface area contributed by atoms with Crippen LogP contribution >= 0.6 is 0 Å². The number of ether oxygens (including phenoxy) is 2. The maximum Gasteiger partial charge on any atom is 0.150 e. The summed E-state index contributed by atoms with van der Waals surface area (Å²) in [6.07, 6.45) is 8.17. The monoisotopic (exact) mass is 351 g/mol. The average Bonchev–Trinajstić information content (AvgIpc) is 3.16. The summed E-state index contributed by atoms with van der Waals surface area (Å²) in [4.78, 5) is 0. The van der Waals surface area contributed by atoms with Crippen molar-refractivity contribution >= 4 is 5.71 Å². The van der Waals surface area contributed by atoms with Crippen molar-refractivity contribution in [3.8, 4) is 0 Å². The minimum Gasteiger partial charge on any atom is -0.490 e. The van der Waals surface area contributed by atoms with Crippen LogP contribution in [0.25, 0.3) is 0 Å². The van der Waals surface area contributed by atoms with Crippen LogP contribution in [-0.2, 0) is 16.1 Å². The van der Waals surface area contributed by atoms with Gasteiger partial charge in [0.1, 0.15) is 12.4 Å². The van der Waals surface area contributed by atoms with Gasteiger partial charge in [-0.2, -0.15) is 5.10 Å². The van der Waals surface area contributed by atoms with Gasteiger partial charge in [0.05, 0.1) is 11.4 Å². The third kappa shape index (κ3) is 4.70. The second kappa shape index (κ2) is 8.63. The fourth-order valence-electron chi connectivity index (χ4n) is 2.84. The van der Waals surface area contributed by atoms with Crippen molar-refractivity contribution in [2.24, 2.45) is 0 Å². The smallest absolute Gasteiger partial charge is 0.150 e. The fraction of sp³-hybridized carbons (Fsp3) is 0.333. The molecule has 1 aliphatic heterocycles. The highest BCUT2D eigenvalue weighted by Crippen LogP contribution is 2.23. The lowest BCUT2D eigenvalue weighted by Gasteiger charge is -2.24. The maximum atomic E-state index is 8.32. The molecule has 3 rings (SSSR count). The number of benzene rings is 1. The Morgan fingerprint density at radius 3 is 2.85 bits per heavy atom. The van der Waals surface area contributed by atoms with Crippen molar-refractivity contribution in [3.63, 3.8) is 0 Å². The average molecular weight is 351 g/mol. The SMILES string of the molecule is C=C(/C=C\C(=N)c1ccnn1C1CCCCO1)OCc1ccc(C)cc1. The normalized spacial score (nSPS) is 17.3. The second-order valence-corrected chi connectivity index (χ2v) is 6.47. The molecule has 1 unspecified atom stereocenters. The van der Waals surface area contributed by atoms with Crippen LogP contribution in [0.2, 0.25) is 0 Å². The van der Waals surface area contributed by atoms with Gasteiger partial charge in [0.15, 0.2) is 6.23 Å². The molecule has 0 spiro atoms. The van der Waals surface area contributed by atoms with E-state index in [1.807, 2.05) is 18.2 Å². The first-order valence-corrected chi connectivity index (χ1v) is 8.93. The van der Waals surface area contributed by atoms with Crippen LogP contribution in [0.15, 0.2) is 61.0 Å². The van der Waals surface area contributed by atoms with E-state index < -0.39 is 0 Å². The third-order valence-corrected chi connectivity index (χ3v) is 4.36. The molecule has 26 heavy (non-hydrogen) atoms. The van der Waals surface area contributed by atoms with E-state index in [9.17, 15) is 0 Å². The number of allylic oxidation sites excluding steroid dienone is 2. The van der Waals surface area contributed by atoms with Crippen LogP contribution in [0.3, 0.4) is 0 Å². The number of rotatable bonds is 7. The Morgan fingerprint density at radius 1 is 1.31 bits per heavy atom. The lowest BCUT2D eigenvalue weighted by Crippen LogP contribution is -2.22. The van der Waals surface area contributed by atoms with Gasteiger partial charge in [-0.25, -0.2) is 4.68 Å². The number of aryl methyl sites for hydroxylation is 1. The molecule has 1 atom stereocenters. The van der Waals surface area contributed by atoms with Gasteiger partial charge in [0.2, 0.25) is 0 Å². The molecule has 0 radical (unpaired) electrons. The van der Waals surface area contributed by atoms with Crippen LogP contribution in [0.1, 0.15) is 42.3 Å². The Hall–Kier alpha value is -2.66. The van der Waals surface area contributed by atoms with Crippen molar-refractivity contribution in [1.29, 1.82) is 5.41 Å². The molecule has 2 aromatic rings. The first-order valence-electron chi connectivity index (χ1n) is 8.93. The summed E-state index contributed by atoms with van der Waals surface area (Å²) >= 11 is 0. The van der Waals surface area contributed by atoms with Crippen molar-refractivity contribution < 1.29 is 9.47 Å². The van der Waals surface area contributed by atoms with Crippen LogP contribution in [0.5, 0.6) is 0 Å². The summed E-state index contributed by atoms with van der Waals surface area (Å²) in [7, 11) is 0. The van der Waals surface area contributed by atoms with Gasteiger partial charge in [0, 0.05) is 12.8 Å². The van der Waals surface area contributed by atoms with Gasteiger partial charge in [-0.15, -0.1) is 0 Å². The minimum absolute atomic E-state index is 0.0801. The van der Waals surface area contributed by atoms with E-state index in [0.29, 0.717) is 18.1 Å². The molecule has 0 bridgehead atoms. The minimum atomic E-state index is -0.0801. The van der Waals surface area contributed by atoms with Crippen molar-refractivity contribution in [2.45, 2.75) is 39.0 Å². The molecule has 0 amide bonds. The first kappa shape index (κ1) is 18.1. The van der Waals surface area contributed by atoms with Gasteiger partial charge in [-0.3, -0.25) is 5.41 Å². The molecule has 1 N–H and O–H groups in total. The van der Waals surface area contributed by atoms with Crippen LogP contribution in [0, 0.1) is 12.3 Å². The summed E-state index contributed by atoms with van der Waals surface area (Å²) in [5.41, 5.74) is 3.41. The van der Waals surface area contributed by atoms with E-state index in [-0.39, 0.29) is 6.23 Å². The van der Waals surface area contributed by atoms with Crippen molar-refractivity contribution in [2.75, 3.05) is 6.61 Å². The predicted molar refractivity (Wildman–Crippen MR) is 102 cm³/mol. The number of hydrogen-bond acceptors (Lipinski definition) is 4. The molecule has 1 aliphatic rings. The summed E-state index contributed by atoms with van der Waals surface area (Å²) in [6.45, 7) is 7.17. The number of aromatic nitrogens is 2. The molecule has 1 aromatic heterocycles. The topological polar surface area (TPSA) is 60.1 Å². The first-order chi connectivity index (χ1) is 12.6. The molecule has 1 saturated heterocycles. The maximum absolute atomic E-state index is 8.32. The quantitative estimate of drug-likeness (QED) is 0.452. The molecule has 0 saturated carbocycles. The zero-order valence-corrected chi connectivity index (χ0v) is 15.1. The molecule has 1 aromatic carbocycles. The molecule has 136 valence electrons. The zero-order valence-electron chi connectivity index (χ0n) is 15.1. The fourth-order valence-corrected chi connectivity index (χ4v) is 2.84. The van der Waals surface area contributed by atoms with E-state index >= 15 is 0 Å². The Kier molecular flexibility index (Phi) is 6.02. The molecule has 1 fully saturated rings. The molecule has 5 nitrogen and oxygen atoms in total. The van der Waals surface area contributed by atoms with Crippen LogP contribution < -0.4 is 0 Å². The van der Waals surface area contributed by atoms with Crippen LogP contribution in [-0.4, -0.2) is 22.1 Å².